The van der Waals surface area contributed by atoms with Crippen molar-refractivity contribution >= 4 is 11.7 Å². The second-order valence-electron chi connectivity index (χ2n) is 5.65. The molecule has 2 amide bonds. The van der Waals surface area contributed by atoms with Crippen LogP contribution < -0.4 is 15.0 Å². The minimum absolute atomic E-state index is 0.0324. The molecule has 0 bridgehead atoms. The van der Waals surface area contributed by atoms with E-state index < -0.39 is 0 Å². The average Bonchev–Trinajstić information content (AvgIpc) is 2.67. The molecule has 0 radical (unpaired) electrons. The lowest BCUT2D eigenvalue weighted by Crippen LogP contribution is -2.51. The molecule has 6 nitrogen and oxygen atoms in total. The maximum atomic E-state index is 12.3. The van der Waals surface area contributed by atoms with Gasteiger partial charge in [0.05, 0.1) is 19.3 Å². The van der Waals surface area contributed by atoms with Crippen LogP contribution in [0.3, 0.4) is 0 Å². The number of urea groups is 1. The smallest absolute Gasteiger partial charge is 0.317 e. The molecule has 1 fully saturated rings. The van der Waals surface area contributed by atoms with Gasteiger partial charge < -0.3 is 19.9 Å². The number of aromatic nitrogens is 1. The third-order valence-electron chi connectivity index (χ3n) is 4.15. The first-order valence-corrected chi connectivity index (χ1v) is 8.08. The van der Waals surface area contributed by atoms with Gasteiger partial charge in [-0.3, -0.25) is 4.98 Å². The molecule has 1 N–H and O–H groups in total. The molecular weight excluding hydrogens is 304 g/mol. The third-order valence-corrected chi connectivity index (χ3v) is 4.15. The van der Waals surface area contributed by atoms with Gasteiger partial charge in [-0.2, -0.15) is 0 Å². The van der Waals surface area contributed by atoms with E-state index >= 15 is 0 Å². The Labute approximate surface area is 142 Å². The van der Waals surface area contributed by atoms with E-state index in [9.17, 15) is 4.79 Å². The van der Waals surface area contributed by atoms with Gasteiger partial charge in [0.2, 0.25) is 0 Å². The zero-order valence-corrected chi connectivity index (χ0v) is 13.8. The molecule has 0 spiro atoms. The van der Waals surface area contributed by atoms with E-state index in [0.29, 0.717) is 19.6 Å². The summed E-state index contributed by atoms with van der Waals surface area (Å²) >= 11 is 0. The van der Waals surface area contributed by atoms with Gasteiger partial charge in [-0.1, -0.05) is 6.07 Å². The fourth-order valence-corrected chi connectivity index (χ4v) is 2.74. The second kappa shape index (κ2) is 7.68. The van der Waals surface area contributed by atoms with Crippen molar-refractivity contribution in [1.29, 1.82) is 0 Å². The van der Waals surface area contributed by atoms with Crippen LogP contribution in [0.2, 0.25) is 0 Å². The summed E-state index contributed by atoms with van der Waals surface area (Å²) in [5, 5.41) is 2.93. The molecule has 6 heteroatoms. The van der Waals surface area contributed by atoms with Gasteiger partial charge in [-0.25, -0.2) is 4.79 Å². The summed E-state index contributed by atoms with van der Waals surface area (Å²) in [4.78, 5) is 20.6. The number of pyridine rings is 1. The van der Waals surface area contributed by atoms with E-state index in [-0.39, 0.29) is 6.03 Å². The van der Waals surface area contributed by atoms with Crippen LogP contribution in [0.5, 0.6) is 5.75 Å². The maximum absolute atomic E-state index is 12.3. The zero-order chi connectivity index (χ0) is 16.8. The van der Waals surface area contributed by atoms with Crippen LogP contribution in [-0.4, -0.2) is 49.2 Å². The van der Waals surface area contributed by atoms with Gasteiger partial charge in [0.25, 0.3) is 0 Å². The highest BCUT2D eigenvalue weighted by atomic mass is 16.5. The predicted molar refractivity (Wildman–Crippen MR) is 93.3 cm³/mol. The van der Waals surface area contributed by atoms with Crippen molar-refractivity contribution in [2.75, 3.05) is 38.2 Å². The molecule has 126 valence electrons. The fourth-order valence-electron chi connectivity index (χ4n) is 2.74. The fraction of sp³-hybridized carbons (Fsp3) is 0.333. The molecule has 3 rings (SSSR count). The van der Waals surface area contributed by atoms with Crippen LogP contribution in [0.15, 0.2) is 48.7 Å². The Morgan fingerprint density at radius 3 is 2.50 bits per heavy atom. The molecule has 0 aliphatic carbocycles. The minimum Gasteiger partial charge on any atom is -0.497 e. The van der Waals surface area contributed by atoms with Gasteiger partial charge in [0, 0.05) is 38.1 Å². The summed E-state index contributed by atoms with van der Waals surface area (Å²) in [5.41, 5.74) is 2.02. The van der Waals surface area contributed by atoms with Gasteiger partial charge in [-0.15, -0.1) is 0 Å². The van der Waals surface area contributed by atoms with Gasteiger partial charge in [0.15, 0.2) is 0 Å². The first-order chi connectivity index (χ1) is 11.8. The number of nitrogens with zero attached hydrogens (tertiary/aromatic N) is 3. The van der Waals surface area contributed by atoms with E-state index in [1.165, 1.54) is 0 Å². The molecule has 0 atom stereocenters. The van der Waals surface area contributed by atoms with Crippen molar-refractivity contribution in [3.05, 3.63) is 54.4 Å². The Kier molecular flexibility index (Phi) is 5.15. The monoisotopic (exact) mass is 326 g/mol. The number of methoxy groups -OCH3 is 1. The third kappa shape index (κ3) is 3.95. The number of rotatable bonds is 4. The SMILES string of the molecule is COc1ccc(N2CCN(C(=O)NCc3ccccn3)CC2)cc1. The van der Waals surface area contributed by atoms with Crippen molar-refractivity contribution in [3.63, 3.8) is 0 Å². The molecule has 2 heterocycles. The number of ether oxygens (including phenoxy) is 1. The number of carbonyl (C=O) groups excluding carboxylic acids is 1. The van der Waals surface area contributed by atoms with Gasteiger partial charge in [0.1, 0.15) is 5.75 Å². The minimum atomic E-state index is -0.0324. The highest BCUT2D eigenvalue weighted by molar-refractivity contribution is 5.74. The number of piperazine rings is 1. The van der Waals surface area contributed by atoms with Gasteiger partial charge in [-0.05, 0) is 36.4 Å². The number of carbonyl (C=O) groups is 1. The molecule has 1 aliphatic rings. The quantitative estimate of drug-likeness (QED) is 0.935. The van der Waals surface area contributed by atoms with Crippen molar-refractivity contribution < 1.29 is 9.53 Å². The molecule has 0 unspecified atom stereocenters. The summed E-state index contributed by atoms with van der Waals surface area (Å²) < 4.78 is 5.18. The summed E-state index contributed by atoms with van der Waals surface area (Å²) in [6, 6.07) is 13.7. The molecule has 24 heavy (non-hydrogen) atoms. The van der Waals surface area contributed by atoms with Crippen LogP contribution >= 0.6 is 0 Å². The Morgan fingerprint density at radius 2 is 1.88 bits per heavy atom. The van der Waals surface area contributed by atoms with E-state index in [4.69, 9.17) is 4.74 Å². The average molecular weight is 326 g/mol. The molecule has 1 aromatic carbocycles. The van der Waals surface area contributed by atoms with Crippen molar-refractivity contribution in [2.45, 2.75) is 6.54 Å². The van der Waals surface area contributed by atoms with E-state index in [1.807, 2.05) is 35.2 Å². The van der Waals surface area contributed by atoms with E-state index in [2.05, 4.69) is 27.3 Å². The molecule has 1 saturated heterocycles. The van der Waals surface area contributed by atoms with E-state index in [1.54, 1.807) is 13.3 Å². The molecular formula is C18H22N4O2. The Bertz CT molecular complexity index is 652. The second-order valence-corrected chi connectivity index (χ2v) is 5.65. The van der Waals surface area contributed by atoms with Crippen LogP contribution in [0.1, 0.15) is 5.69 Å². The lowest BCUT2D eigenvalue weighted by molar-refractivity contribution is 0.194. The topological polar surface area (TPSA) is 57.7 Å². The molecule has 1 aliphatic heterocycles. The number of hydrogen-bond acceptors (Lipinski definition) is 4. The summed E-state index contributed by atoms with van der Waals surface area (Å²) in [5.74, 6) is 0.853. The lowest BCUT2D eigenvalue weighted by Gasteiger charge is -2.36. The number of nitrogens with one attached hydrogen (secondary N) is 1. The van der Waals surface area contributed by atoms with Crippen molar-refractivity contribution in [1.82, 2.24) is 15.2 Å². The predicted octanol–water partition coefficient (Wildman–Crippen LogP) is 2.12. The van der Waals surface area contributed by atoms with Gasteiger partial charge >= 0.3 is 6.03 Å². The van der Waals surface area contributed by atoms with Crippen molar-refractivity contribution in [3.8, 4) is 5.75 Å². The number of anilines is 1. The highest BCUT2D eigenvalue weighted by Crippen LogP contribution is 2.20. The normalized spacial score (nSPS) is 14.4. The summed E-state index contributed by atoms with van der Waals surface area (Å²) in [6.07, 6.45) is 1.73. The van der Waals surface area contributed by atoms with Crippen LogP contribution in [0.4, 0.5) is 10.5 Å². The number of hydrogen-bond donors (Lipinski definition) is 1. The number of benzene rings is 1. The zero-order valence-electron chi connectivity index (χ0n) is 13.8. The Morgan fingerprint density at radius 1 is 1.12 bits per heavy atom. The standard InChI is InChI=1S/C18H22N4O2/c1-24-17-7-5-16(6-8-17)21-10-12-22(13-11-21)18(23)20-14-15-4-2-3-9-19-15/h2-9H,10-14H2,1H3,(H,20,23). The number of amides is 2. The molecule has 2 aromatic rings. The van der Waals surface area contributed by atoms with Crippen LogP contribution in [-0.2, 0) is 6.54 Å². The Hall–Kier alpha value is -2.76. The highest BCUT2D eigenvalue weighted by Gasteiger charge is 2.21. The van der Waals surface area contributed by atoms with Crippen LogP contribution in [0.25, 0.3) is 0 Å². The maximum Gasteiger partial charge on any atom is 0.317 e. The lowest BCUT2D eigenvalue weighted by atomic mass is 10.2. The molecule has 1 aromatic heterocycles. The molecule has 0 saturated carbocycles. The first kappa shape index (κ1) is 16.1. The Balaban J connectivity index is 1.48. The summed E-state index contributed by atoms with van der Waals surface area (Å²) in [7, 11) is 1.66. The first-order valence-electron chi connectivity index (χ1n) is 8.08. The van der Waals surface area contributed by atoms with Crippen molar-refractivity contribution in [2.24, 2.45) is 0 Å². The largest absolute Gasteiger partial charge is 0.497 e. The summed E-state index contributed by atoms with van der Waals surface area (Å²) in [6.45, 7) is 3.52. The van der Waals surface area contributed by atoms with Crippen LogP contribution in [0, 0.1) is 0 Å². The van der Waals surface area contributed by atoms with E-state index in [0.717, 1.165) is 30.2 Å².